The van der Waals surface area contributed by atoms with Gasteiger partial charge in [-0.1, -0.05) is 0 Å². The summed E-state index contributed by atoms with van der Waals surface area (Å²) in [6.45, 7) is 1.79. The number of H-pyrrole nitrogens is 1. The van der Waals surface area contributed by atoms with E-state index in [2.05, 4.69) is 4.98 Å². The molecule has 1 saturated heterocycles. The predicted molar refractivity (Wildman–Crippen MR) is 66.6 cm³/mol. The number of carboxylic acid groups (broad SMARTS) is 1. The SMILES string of the molecule is CC1SCC(C(=O)O)N1C(=O)c1ccc(=O)[nH]c1. The van der Waals surface area contributed by atoms with Crippen LogP contribution in [0.5, 0.6) is 0 Å². The maximum absolute atomic E-state index is 12.2. The maximum Gasteiger partial charge on any atom is 0.327 e. The second-order valence-electron chi connectivity index (χ2n) is 3.94. The van der Waals surface area contributed by atoms with E-state index in [-0.39, 0.29) is 22.4 Å². The smallest absolute Gasteiger partial charge is 0.327 e. The molecule has 18 heavy (non-hydrogen) atoms. The van der Waals surface area contributed by atoms with Gasteiger partial charge in [-0.15, -0.1) is 11.8 Å². The van der Waals surface area contributed by atoms with E-state index in [0.29, 0.717) is 5.75 Å². The van der Waals surface area contributed by atoms with E-state index in [1.807, 2.05) is 0 Å². The number of carbonyl (C=O) groups is 2. The molecule has 0 bridgehead atoms. The van der Waals surface area contributed by atoms with Gasteiger partial charge in [0.2, 0.25) is 5.56 Å². The van der Waals surface area contributed by atoms with Gasteiger partial charge < -0.3 is 15.0 Å². The van der Waals surface area contributed by atoms with Crippen LogP contribution in [0.4, 0.5) is 0 Å². The van der Waals surface area contributed by atoms with E-state index < -0.39 is 12.0 Å². The van der Waals surface area contributed by atoms with E-state index in [1.165, 1.54) is 35.0 Å². The van der Waals surface area contributed by atoms with Crippen molar-refractivity contribution in [2.45, 2.75) is 18.3 Å². The van der Waals surface area contributed by atoms with Crippen LogP contribution in [0.15, 0.2) is 23.1 Å². The number of rotatable bonds is 2. The summed E-state index contributed by atoms with van der Waals surface area (Å²) >= 11 is 1.42. The molecule has 1 fully saturated rings. The van der Waals surface area contributed by atoms with Crippen LogP contribution in [-0.4, -0.2) is 44.0 Å². The Morgan fingerprint density at radius 3 is 2.78 bits per heavy atom. The standard InChI is InChI=1S/C11H12N2O4S/c1-6-13(8(5-18-6)11(16)17)10(15)7-2-3-9(14)12-4-7/h2-4,6,8H,5H2,1H3,(H,12,14)(H,16,17). The highest BCUT2D eigenvalue weighted by Crippen LogP contribution is 2.30. The lowest BCUT2D eigenvalue weighted by molar-refractivity contribution is -0.141. The second-order valence-corrected chi connectivity index (χ2v) is 5.29. The molecule has 2 N–H and O–H groups in total. The van der Waals surface area contributed by atoms with E-state index >= 15 is 0 Å². The summed E-state index contributed by atoms with van der Waals surface area (Å²) < 4.78 is 0. The number of carbonyl (C=O) groups excluding carboxylic acids is 1. The van der Waals surface area contributed by atoms with Crippen molar-refractivity contribution in [3.8, 4) is 0 Å². The van der Waals surface area contributed by atoms with Crippen molar-refractivity contribution in [1.29, 1.82) is 0 Å². The van der Waals surface area contributed by atoms with Crippen LogP contribution in [0.25, 0.3) is 0 Å². The number of aromatic amines is 1. The first-order valence-corrected chi connectivity index (χ1v) is 6.41. The van der Waals surface area contributed by atoms with Crippen LogP contribution in [0, 0.1) is 0 Å². The Morgan fingerprint density at radius 1 is 1.50 bits per heavy atom. The Balaban J connectivity index is 2.29. The van der Waals surface area contributed by atoms with Crippen molar-refractivity contribution < 1.29 is 14.7 Å². The second kappa shape index (κ2) is 4.85. The van der Waals surface area contributed by atoms with Gasteiger partial charge >= 0.3 is 5.97 Å². The molecular formula is C11H12N2O4S. The van der Waals surface area contributed by atoms with Crippen molar-refractivity contribution in [1.82, 2.24) is 9.88 Å². The van der Waals surface area contributed by atoms with Crippen molar-refractivity contribution in [3.05, 3.63) is 34.2 Å². The number of carboxylic acids is 1. The van der Waals surface area contributed by atoms with Crippen LogP contribution < -0.4 is 5.56 Å². The zero-order chi connectivity index (χ0) is 13.3. The molecule has 0 radical (unpaired) electrons. The van der Waals surface area contributed by atoms with Crippen LogP contribution in [-0.2, 0) is 4.79 Å². The van der Waals surface area contributed by atoms with E-state index in [4.69, 9.17) is 5.11 Å². The highest BCUT2D eigenvalue weighted by molar-refractivity contribution is 8.00. The molecule has 1 aromatic heterocycles. The topological polar surface area (TPSA) is 90.5 Å². The van der Waals surface area contributed by atoms with E-state index in [0.717, 1.165) is 0 Å². The minimum absolute atomic E-state index is 0.189. The Kier molecular flexibility index (Phi) is 3.42. The van der Waals surface area contributed by atoms with Crippen LogP contribution in [0.2, 0.25) is 0 Å². The zero-order valence-corrected chi connectivity index (χ0v) is 10.4. The number of amides is 1. The fraction of sp³-hybridized carbons (Fsp3) is 0.364. The van der Waals surface area contributed by atoms with Gasteiger partial charge in [0.1, 0.15) is 6.04 Å². The fourth-order valence-electron chi connectivity index (χ4n) is 1.83. The summed E-state index contributed by atoms with van der Waals surface area (Å²) in [6, 6.07) is 1.83. The maximum atomic E-state index is 12.2. The minimum Gasteiger partial charge on any atom is -0.480 e. The lowest BCUT2D eigenvalue weighted by atomic mass is 10.2. The van der Waals surface area contributed by atoms with Gasteiger partial charge in [0, 0.05) is 18.0 Å². The first kappa shape index (κ1) is 12.7. The van der Waals surface area contributed by atoms with Crippen LogP contribution in [0.3, 0.4) is 0 Å². The minimum atomic E-state index is -1.01. The van der Waals surface area contributed by atoms with Gasteiger partial charge in [0.25, 0.3) is 5.91 Å². The van der Waals surface area contributed by atoms with Crippen molar-refractivity contribution >= 4 is 23.6 Å². The lowest BCUT2D eigenvalue weighted by Gasteiger charge is -2.24. The van der Waals surface area contributed by atoms with Gasteiger partial charge in [-0.3, -0.25) is 9.59 Å². The lowest BCUT2D eigenvalue weighted by Crippen LogP contribution is -2.44. The number of pyridine rings is 1. The molecule has 2 atom stereocenters. The highest BCUT2D eigenvalue weighted by atomic mass is 32.2. The normalized spacial score (nSPS) is 23.1. The van der Waals surface area contributed by atoms with Crippen molar-refractivity contribution in [2.24, 2.45) is 0 Å². The first-order valence-electron chi connectivity index (χ1n) is 5.36. The molecule has 0 aromatic carbocycles. The molecule has 2 unspecified atom stereocenters. The Labute approximate surface area is 107 Å². The predicted octanol–water partition coefficient (Wildman–Crippen LogP) is 0.363. The summed E-state index contributed by atoms with van der Waals surface area (Å²) in [4.78, 5) is 38.0. The average molecular weight is 268 g/mol. The summed E-state index contributed by atoms with van der Waals surface area (Å²) in [5.74, 6) is -1.01. The van der Waals surface area contributed by atoms with E-state index in [9.17, 15) is 14.4 Å². The van der Waals surface area contributed by atoms with Gasteiger partial charge in [-0.25, -0.2) is 4.79 Å². The van der Waals surface area contributed by atoms with Gasteiger partial charge in [0.05, 0.1) is 10.9 Å². The van der Waals surface area contributed by atoms with E-state index in [1.54, 1.807) is 6.92 Å². The third-order valence-corrected chi connectivity index (χ3v) is 3.99. The molecule has 7 heteroatoms. The Hall–Kier alpha value is -1.76. The molecule has 0 saturated carbocycles. The summed E-state index contributed by atoms with van der Waals surface area (Å²) in [5.41, 5.74) is -0.0135. The first-order chi connectivity index (χ1) is 8.50. The molecule has 2 rings (SSSR count). The molecule has 1 aromatic rings. The quantitative estimate of drug-likeness (QED) is 0.808. The number of aliphatic carboxylic acids is 1. The zero-order valence-electron chi connectivity index (χ0n) is 9.62. The molecule has 96 valence electrons. The molecule has 0 aliphatic carbocycles. The number of hydrogen-bond donors (Lipinski definition) is 2. The third kappa shape index (κ3) is 2.26. The number of aromatic nitrogens is 1. The third-order valence-electron chi connectivity index (χ3n) is 2.77. The van der Waals surface area contributed by atoms with Gasteiger partial charge in [0.15, 0.2) is 0 Å². The molecule has 2 heterocycles. The fourth-order valence-corrected chi connectivity index (χ4v) is 3.00. The van der Waals surface area contributed by atoms with Crippen molar-refractivity contribution in [3.63, 3.8) is 0 Å². The molecule has 1 aliphatic heterocycles. The monoisotopic (exact) mass is 268 g/mol. The Bertz CT molecular complexity index is 522. The highest BCUT2D eigenvalue weighted by Gasteiger charge is 2.39. The summed E-state index contributed by atoms with van der Waals surface area (Å²) in [5, 5.41) is 8.89. The number of nitrogens with zero attached hydrogens (tertiary/aromatic N) is 1. The van der Waals surface area contributed by atoms with Gasteiger partial charge in [-0.05, 0) is 13.0 Å². The largest absolute Gasteiger partial charge is 0.480 e. The average Bonchev–Trinajstić information content (AvgIpc) is 2.71. The number of thioether (sulfide) groups is 1. The molecule has 0 spiro atoms. The van der Waals surface area contributed by atoms with Crippen LogP contribution >= 0.6 is 11.8 Å². The number of nitrogens with one attached hydrogen (secondary N) is 1. The summed E-state index contributed by atoms with van der Waals surface area (Å²) in [6.07, 6.45) is 1.30. The molecule has 1 aliphatic rings. The summed E-state index contributed by atoms with van der Waals surface area (Å²) in [7, 11) is 0. The number of hydrogen-bond acceptors (Lipinski definition) is 4. The van der Waals surface area contributed by atoms with Gasteiger partial charge in [-0.2, -0.15) is 0 Å². The van der Waals surface area contributed by atoms with Crippen LogP contribution in [0.1, 0.15) is 17.3 Å². The molecular weight excluding hydrogens is 256 g/mol. The Morgan fingerprint density at radius 2 is 2.22 bits per heavy atom. The molecule has 6 nitrogen and oxygen atoms in total. The molecule has 1 amide bonds. The van der Waals surface area contributed by atoms with Crippen molar-refractivity contribution in [2.75, 3.05) is 5.75 Å².